The van der Waals surface area contributed by atoms with Gasteiger partial charge in [0.2, 0.25) is 15.7 Å². The monoisotopic (exact) mass is 378 g/mol. The fraction of sp³-hybridized carbons (Fsp3) is 0.333. The molecule has 0 aliphatic carbocycles. The SMILES string of the molecule is CC(C)Oc1cc(C(F)(F)F)nc(S(=O)(=O)Cc2ccc(F)cc2)n1. The molecule has 0 bridgehead atoms. The van der Waals surface area contributed by atoms with E-state index >= 15 is 0 Å². The largest absolute Gasteiger partial charge is 0.475 e. The number of ether oxygens (including phenoxy) is 1. The molecule has 2 rings (SSSR count). The Bertz CT molecular complexity index is 850. The number of alkyl halides is 3. The van der Waals surface area contributed by atoms with Crippen LogP contribution in [0.5, 0.6) is 5.88 Å². The van der Waals surface area contributed by atoms with Gasteiger partial charge < -0.3 is 4.74 Å². The number of nitrogens with zero attached hydrogens (tertiary/aromatic N) is 2. The van der Waals surface area contributed by atoms with Gasteiger partial charge in [-0.1, -0.05) is 12.1 Å². The van der Waals surface area contributed by atoms with Crippen molar-refractivity contribution >= 4 is 9.84 Å². The minimum Gasteiger partial charge on any atom is -0.475 e. The molecule has 0 saturated heterocycles. The van der Waals surface area contributed by atoms with Crippen LogP contribution in [0, 0.1) is 5.82 Å². The number of aromatic nitrogens is 2. The molecule has 0 atom stereocenters. The number of hydrogen-bond donors (Lipinski definition) is 0. The van der Waals surface area contributed by atoms with Crippen molar-refractivity contribution in [1.29, 1.82) is 0 Å². The van der Waals surface area contributed by atoms with Gasteiger partial charge in [-0.15, -0.1) is 0 Å². The van der Waals surface area contributed by atoms with Gasteiger partial charge in [0.05, 0.1) is 11.9 Å². The summed E-state index contributed by atoms with van der Waals surface area (Å²) >= 11 is 0. The van der Waals surface area contributed by atoms with Crippen LogP contribution in [-0.4, -0.2) is 24.5 Å². The van der Waals surface area contributed by atoms with E-state index in [0.29, 0.717) is 6.07 Å². The van der Waals surface area contributed by atoms with E-state index in [9.17, 15) is 26.0 Å². The van der Waals surface area contributed by atoms with Crippen LogP contribution in [0.4, 0.5) is 17.6 Å². The lowest BCUT2D eigenvalue weighted by molar-refractivity contribution is -0.141. The first kappa shape index (κ1) is 19.1. The molecule has 5 nitrogen and oxygen atoms in total. The summed E-state index contributed by atoms with van der Waals surface area (Å²) in [5, 5.41) is -0.998. The molecule has 0 N–H and O–H groups in total. The van der Waals surface area contributed by atoms with Crippen LogP contribution in [0.2, 0.25) is 0 Å². The minimum atomic E-state index is -4.86. The topological polar surface area (TPSA) is 69.2 Å². The Morgan fingerprint density at radius 2 is 1.72 bits per heavy atom. The fourth-order valence-electron chi connectivity index (χ4n) is 1.85. The second-order valence-corrected chi connectivity index (χ2v) is 7.31. The van der Waals surface area contributed by atoms with Crippen molar-refractivity contribution in [2.24, 2.45) is 0 Å². The lowest BCUT2D eigenvalue weighted by Gasteiger charge is -2.13. The second kappa shape index (κ2) is 6.95. The maximum Gasteiger partial charge on any atom is 0.433 e. The summed E-state index contributed by atoms with van der Waals surface area (Å²) in [6.07, 6.45) is -5.37. The quantitative estimate of drug-likeness (QED) is 0.589. The average Bonchev–Trinajstić information content (AvgIpc) is 2.47. The van der Waals surface area contributed by atoms with Crippen molar-refractivity contribution in [3.8, 4) is 5.88 Å². The Morgan fingerprint density at radius 3 is 2.24 bits per heavy atom. The van der Waals surface area contributed by atoms with Gasteiger partial charge in [0.15, 0.2) is 5.69 Å². The molecule has 0 amide bonds. The third kappa shape index (κ3) is 5.12. The molecule has 0 radical (unpaired) electrons. The standard InChI is InChI=1S/C15H14F4N2O3S/c1-9(2)24-13-7-12(15(17,18)19)20-14(21-13)25(22,23)8-10-3-5-11(16)6-4-10/h3-7,9H,8H2,1-2H3. The fourth-order valence-corrected chi connectivity index (χ4v) is 3.08. The molecule has 0 fully saturated rings. The Hall–Kier alpha value is -2.23. The molecule has 1 aromatic carbocycles. The van der Waals surface area contributed by atoms with Crippen molar-refractivity contribution in [2.45, 2.75) is 37.0 Å². The molecule has 136 valence electrons. The zero-order chi connectivity index (χ0) is 18.8. The van der Waals surface area contributed by atoms with E-state index < -0.39 is 50.4 Å². The zero-order valence-corrected chi connectivity index (χ0v) is 14.0. The molecule has 0 saturated carbocycles. The van der Waals surface area contributed by atoms with E-state index in [0.717, 1.165) is 12.1 Å². The van der Waals surface area contributed by atoms with Crippen molar-refractivity contribution < 1.29 is 30.7 Å². The Balaban J connectivity index is 2.46. The third-order valence-electron chi connectivity index (χ3n) is 2.88. The van der Waals surface area contributed by atoms with Crippen LogP contribution < -0.4 is 4.74 Å². The van der Waals surface area contributed by atoms with Gasteiger partial charge in [-0.25, -0.2) is 17.8 Å². The van der Waals surface area contributed by atoms with Crippen molar-refractivity contribution in [3.63, 3.8) is 0 Å². The summed E-state index contributed by atoms with van der Waals surface area (Å²) in [7, 11) is -4.29. The van der Waals surface area contributed by atoms with E-state index in [2.05, 4.69) is 9.97 Å². The van der Waals surface area contributed by atoms with Crippen LogP contribution >= 0.6 is 0 Å². The van der Waals surface area contributed by atoms with E-state index in [-0.39, 0.29) is 5.56 Å². The van der Waals surface area contributed by atoms with E-state index in [1.807, 2.05) is 0 Å². The van der Waals surface area contributed by atoms with Gasteiger partial charge in [0.25, 0.3) is 5.16 Å². The highest BCUT2D eigenvalue weighted by molar-refractivity contribution is 7.90. The lowest BCUT2D eigenvalue weighted by Crippen LogP contribution is -2.17. The van der Waals surface area contributed by atoms with Gasteiger partial charge in [-0.2, -0.15) is 18.2 Å². The van der Waals surface area contributed by atoms with E-state index in [1.165, 1.54) is 12.1 Å². The predicted molar refractivity (Wildman–Crippen MR) is 80.1 cm³/mol. The van der Waals surface area contributed by atoms with Gasteiger partial charge in [0.1, 0.15) is 5.82 Å². The molecule has 25 heavy (non-hydrogen) atoms. The number of hydrogen-bond acceptors (Lipinski definition) is 5. The van der Waals surface area contributed by atoms with E-state index in [4.69, 9.17) is 4.74 Å². The van der Waals surface area contributed by atoms with Gasteiger partial charge in [0, 0.05) is 6.07 Å². The molecule has 0 unspecified atom stereocenters. The lowest BCUT2D eigenvalue weighted by atomic mass is 10.2. The zero-order valence-electron chi connectivity index (χ0n) is 13.2. The third-order valence-corrected chi connectivity index (χ3v) is 4.33. The number of sulfone groups is 1. The first-order valence-electron chi connectivity index (χ1n) is 7.07. The van der Waals surface area contributed by atoms with Crippen LogP contribution in [-0.2, 0) is 21.8 Å². The number of benzene rings is 1. The van der Waals surface area contributed by atoms with Gasteiger partial charge in [-0.05, 0) is 31.5 Å². The molecule has 1 aromatic heterocycles. The molecular formula is C15H14F4N2O3S. The molecule has 0 spiro atoms. The summed E-state index contributed by atoms with van der Waals surface area (Å²) in [4.78, 5) is 6.70. The second-order valence-electron chi connectivity index (χ2n) is 5.42. The molecular weight excluding hydrogens is 364 g/mol. The van der Waals surface area contributed by atoms with Gasteiger partial charge >= 0.3 is 6.18 Å². The predicted octanol–water partition coefficient (Wildman–Crippen LogP) is 3.40. The van der Waals surface area contributed by atoms with Crippen LogP contribution in [0.3, 0.4) is 0 Å². The molecule has 2 aromatic rings. The van der Waals surface area contributed by atoms with Crippen LogP contribution in [0.15, 0.2) is 35.5 Å². The van der Waals surface area contributed by atoms with E-state index in [1.54, 1.807) is 13.8 Å². The van der Waals surface area contributed by atoms with Crippen molar-refractivity contribution in [1.82, 2.24) is 9.97 Å². The summed E-state index contributed by atoms with van der Waals surface area (Å²) in [5.41, 5.74) is -1.23. The highest BCUT2D eigenvalue weighted by Gasteiger charge is 2.35. The maximum atomic E-state index is 13.0. The van der Waals surface area contributed by atoms with Gasteiger partial charge in [-0.3, -0.25) is 0 Å². The summed E-state index contributed by atoms with van der Waals surface area (Å²) in [6.45, 7) is 3.12. The van der Waals surface area contributed by atoms with Crippen molar-refractivity contribution in [2.75, 3.05) is 0 Å². The van der Waals surface area contributed by atoms with Crippen LogP contribution in [0.25, 0.3) is 0 Å². The summed E-state index contributed by atoms with van der Waals surface area (Å²) in [5.74, 6) is -1.73. The van der Waals surface area contributed by atoms with Crippen LogP contribution in [0.1, 0.15) is 25.1 Å². The highest BCUT2D eigenvalue weighted by Crippen LogP contribution is 2.30. The Morgan fingerprint density at radius 1 is 1.12 bits per heavy atom. The Kier molecular flexibility index (Phi) is 5.31. The molecule has 0 aliphatic heterocycles. The molecule has 0 aliphatic rings. The Labute approximate surface area is 141 Å². The van der Waals surface area contributed by atoms with Crippen molar-refractivity contribution in [3.05, 3.63) is 47.4 Å². The minimum absolute atomic E-state index is 0.189. The average molecular weight is 378 g/mol. The highest BCUT2D eigenvalue weighted by atomic mass is 32.2. The molecule has 1 heterocycles. The summed E-state index contributed by atoms with van der Waals surface area (Å²) in [6, 6.07) is 5.06. The normalized spacial score (nSPS) is 12.4. The molecule has 10 heteroatoms. The number of rotatable bonds is 5. The smallest absolute Gasteiger partial charge is 0.433 e. The first-order chi connectivity index (χ1) is 11.5. The summed E-state index contributed by atoms with van der Waals surface area (Å²) < 4.78 is 81.6. The maximum absolute atomic E-state index is 13.0. The first-order valence-corrected chi connectivity index (χ1v) is 8.73. The number of halogens is 4.